The van der Waals surface area contributed by atoms with Crippen LogP contribution in [0.4, 0.5) is 4.39 Å². The van der Waals surface area contributed by atoms with Crippen LogP contribution in [0, 0.1) is 11.7 Å². The summed E-state index contributed by atoms with van der Waals surface area (Å²) in [4.78, 5) is 16.4. The van der Waals surface area contributed by atoms with Gasteiger partial charge in [-0.1, -0.05) is 0 Å². The van der Waals surface area contributed by atoms with Gasteiger partial charge < -0.3 is 10.1 Å². The first-order valence-corrected chi connectivity index (χ1v) is 8.32. The number of halogens is 1. The van der Waals surface area contributed by atoms with Crippen molar-refractivity contribution in [2.45, 2.75) is 19.3 Å². The minimum Gasteiger partial charge on any atom is -0.462 e. The highest BCUT2D eigenvalue weighted by Crippen LogP contribution is 2.19. The maximum absolute atomic E-state index is 13.0. The molecule has 1 aliphatic heterocycles. The second-order valence-electron chi connectivity index (χ2n) is 6.05. The SMILES string of the molecule is O=C(OCCC1CCNCC1)c1ccnc(-c2ccc(F)cc2)c1. The van der Waals surface area contributed by atoms with Crippen molar-refractivity contribution in [3.8, 4) is 11.3 Å². The Morgan fingerprint density at radius 1 is 1.21 bits per heavy atom. The van der Waals surface area contributed by atoms with Crippen molar-refractivity contribution in [1.82, 2.24) is 10.3 Å². The summed E-state index contributed by atoms with van der Waals surface area (Å²) in [5.74, 6) is -0.00631. The molecule has 0 saturated carbocycles. The van der Waals surface area contributed by atoms with Gasteiger partial charge in [-0.2, -0.15) is 0 Å². The van der Waals surface area contributed by atoms with Crippen LogP contribution in [0.15, 0.2) is 42.6 Å². The summed E-state index contributed by atoms with van der Waals surface area (Å²) < 4.78 is 18.4. The molecule has 0 bridgehead atoms. The Bertz CT molecular complexity index is 682. The number of ether oxygens (including phenoxy) is 1. The van der Waals surface area contributed by atoms with Crippen LogP contribution in [0.1, 0.15) is 29.6 Å². The fraction of sp³-hybridized carbons (Fsp3) is 0.368. The molecule has 2 heterocycles. The van der Waals surface area contributed by atoms with Gasteiger partial charge in [-0.15, -0.1) is 0 Å². The zero-order chi connectivity index (χ0) is 16.8. The van der Waals surface area contributed by atoms with E-state index in [0.29, 0.717) is 23.8 Å². The van der Waals surface area contributed by atoms with Crippen molar-refractivity contribution in [3.63, 3.8) is 0 Å². The number of piperidine rings is 1. The van der Waals surface area contributed by atoms with Gasteiger partial charge in [0, 0.05) is 11.8 Å². The number of carbonyl (C=O) groups excluding carboxylic acids is 1. The molecule has 1 N–H and O–H groups in total. The van der Waals surface area contributed by atoms with Crippen LogP contribution in [-0.4, -0.2) is 30.6 Å². The third-order valence-electron chi connectivity index (χ3n) is 4.35. The molecule has 126 valence electrons. The fourth-order valence-corrected chi connectivity index (χ4v) is 2.91. The Labute approximate surface area is 141 Å². The van der Waals surface area contributed by atoms with Crippen molar-refractivity contribution < 1.29 is 13.9 Å². The minimum absolute atomic E-state index is 0.299. The Morgan fingerprint density at radius 2 is 1.96 bits per heavy atom. The van der Waals surface area contributed by atoms with E-state index < -0.39 is 0 Å². The normalized spacial score (nSPS) is 15.2. The lowest BCUT2D eigenvalue weighted by Gasteiger charge is -2.22. The van der Waals surface area contributed by atoms with E-state index in [2.05, 4.69) is 10.3 Å². The lowest BCUT2D eigenvalue weighted by atomic mass is 9.95. The molecular weight excluding hydrogens is 307 g/mol. The summed E-state index contributed by atoms with van der Waals surface area (Å²) in [6, 6.07) is 9.36. The monoisotopic (exact) mass is 328 g/mol. The number of hydrogen-bond donors (Lipinski definition) is 1. The van der Waals surface area contributed by atoms with Crippen LogP contribution in [0.25, 0.3) is 11.3 Å². The van der Waals surface area contributed by atoms with Crippen molar-refractivity contribution >= 4 is 5.97 Å². The first-order chi connectivity index (χ1) is 11.7. The van der Waals surface area contributed by atoms with E-state index in [4.69, 9.17) is 4.74 Å². The fourth-order valence-electron chi connectivity index (χ4n) is 2.91. The number of nitrogens with one attached hydrogen (secondary N) is 1. The Hall–Kier alpha value is -2.27. The van der Waals surface area contributed by atoms with Gasteiger partial charge in [-0.25, -0.2) is 9.18 Å². The topological polar surface area (TPSA) is 51.2 Å². The summed E-state index contributed by atoms with van der Waals surface area (Å²) in [6.07, 6.45) is 4.76. The largest absolute Gasteiger partial charge is 0.462 e. The van der Waals surface area contributed by atoms with Crippen LogP contribution in [0.5, 0.6) is 0 Å². The molecule has 0 spiro atoms. The Morgan fingerprint density at radius 3 is 2.71 bits per heavy atom. The smallest absolute Gasteiger partial charge is 0.338 e. The molecule has 1 fully saturated rings. The number of rotatable bonds is 5. The number of esters is 1. The summed E-state index contributed by atoms with van der Waals surface area (Å²) in [6.45, 7) is 2.53. The van der Waals surface area contributed by atoms with E-state index in [1.54, 1.807) is 30.5 Å². The minimum atomic E-state index is -0.338. The third-order valence-corrected chi connectivity index (χ3v) is 4.35. The number of nitrogens with zero attached hydrogens (tertiary/aromatic N) is 1. The van der Waals surface area contributed by atoms with Crippen LogP contribution in [0.2, 0.25) is 0 Å². The Kier molecular flexibility index (Phi) is 5.54. The molecule has 2 aromatic rings. The van der Waals surface area contributed by atoms with Crippen molar-refractivity contribution in [2.24, 2.45) is 5.92 Å². The first-order valence-electron chi connectivity index (χ1n) is 8.32. The lowest BCUT2D eigenvalue weighted by Crippen LogP contribution is -2.28. The van der Waals surface area contributed by atoms with Crippen LogP contribution < -0.4 is 5.32 Å². The second kappa shape index (κ2) is 8.02. The standard InChI is InChI=1S/C19H21FN2O2/c20-17-3-1-15(2-4-17)18-13-16(7-11-22-18)19(23)24-12-8-14-5-9-21-10-6-14/h1-4,7,11,13-14,21H,5-6,8-10,12H2. The van der Waals surface area contributed by atoms with Crippen LogP contribution in [0.3, 0.4) is 0 Å². The van der Waals surface area contributed by atoms with E-state index in [1.165, 1.54) is 12.1 Å². The molecule has 0 unspecified atom stereocenters. The zero-order valence-electron chi connectivity index (χ0n) is 13.5. The van der Waals surface area contributed by atoms with Crippen molar-refractivity contribution in [1.29, 1.82) is 0 Å². The molecule has 5 heteroatoms. The molecule has 1 saturated heterocycles. The maximum atomic E-state index is 13.0. The quantitative estimate of drug-likeness (QED) is 0.854. The molecule has 1 aromatic carbocycles. The van der Waals surface area contributed by atoms with E-state index in [0.717, 1.165) is 37.9 Å². The summed E-state index contributed by atoms with van der Waals surface area (Å²) >= 11 is 0. The van der Waals surface area contributed by atoms with E-state index in [-0.39, 0.29) is 11.8 Å². The lowest BCUT2D eigenvalue weighted by molar-refractivity contribution is 0.0476. The van der Waals surface area contributed by atoms with E-state index in [1.807, 2.05) is 0 Å². The molecule has 1 aliphatic rings. The van der Waals surface area contributed by atoms with Crippen LogP contribution >= 0.6 is 0 Å². The highest BCUT2D eigenvalue weighted by atomic mass is 19.1. The highest BCUT2D eigenvalue weighted by molar-refractivity contribution is 5.90. The van der Waals surface area contributed by atoms with Crippen LogP contribution in [-0.2, 0) is 4.74 Å². The zero-order valence-corrected chi connectivity index (χ0v) is 13.5. The number of aromatic nitrogens is 1. The summed E-state index contributed by atoms with van der Waals surface area (Å²) in [5, 5.41) is 3.33. The molecule has 3 rings (SSSR count). The average Bonchev–Trinajstić information content (AvgIpc) is 2.63. The van der Waals surface area contributed by atoms with E-state index >= 15 is 0 Å². The second-order valence-corrected chi connectivity index (χ2v) is 6.05. The molecule has 1 aromatic heterocycles. The van der Waals surface area contributed by atoms with Gasteiger partial charge in [0.1, 0.15) is 5.82 Å². The summed E-state index contributed by atoms with van der Waals surface area (Å²) in [7, 11) is 0. The molecular formula is C19H21FN2O2. The number of carbonyl (C=O) groups is 1. The average molecular weight is 328 g/mol. The molecule has 0 atom stereocenters. The number of hydrogen-bond acceptors (Lipinski definition) is 4. The van der Waals surface area contributed by atoms with Gasteiger partial charge in [0.25, 0.3) is 0 Å². The van der Waals surface area contributed by atoms with Crippen molar-refractivity contribution in [2.75, 3.05) is 19.7 Å². The highest BCUT2D eigenvalue weighted by Gasteiger charge is 2.14. The first kappa shape index (κ1) is 16.6. The van der Waals surface area contributed by atoms with Gasteiger partial charge in [-0.05, 0) is 74.7 Å². The third kappa shape index (κ3) is 4.38. The molecule has 0 radical (unpaired) electrons. The van der Waals surface area contributed by atoms with Crippen molar-refractivity contribution in [3.05, 3.63) is 54.0 Å². The van der Waals surface area contributed by atoms with E-state index in [9.17, 15) is 9.18 Å². The molecule has 24 heavy (non-hydrogen) atoms. The predicted octanol–water partition coefficient (Wildman–Crippen LogP) is 3.43. The summed E-state index contributed by atoms with van der Waals surface area (Å²) in [5.41, 5.74) is 1.86. The molecule has 4 nitrogen and oxygen atoms in total. The Balaban J connectivity index is 1.58. The van der Waals surface area contributed by atoms with Gasteiger partial charge in [0.05, 0.1) is 17.9 Å². The molecule has 0 aliphatic carbocycles. The van der Waals surface area contributed by atoms with Gasteiger partial charge >= 0.3 is 5.97 Å². The van der Waals surface area contributed by atoms with Gasteiger partial charge in [0.15, 0.2) is 0 Å². The van der Waals surface area contributed by atoms with Gasteiger partial charge in [0.2, 0.25) is 0 Å². The number of benzene rings is 1. The predicted molar refractivity (Wildman–Crippen MR) is 90.1 cm³/mol. The molecule has 0 amide bonds. The van der Waals surface area contributed by atoms with Gasteiger partial charge in [-0.3, -0.25) is 4.98 Å². The number of pyridine rings is 1. The maximum Gasteiger partial charge on any atom is 0.338 e.